The minimum atomic E-state index is -3.10. The van der Waals surface area contributed by atoms with Crippen LogP contribution in [0.1, 0.15) is 131 Å². The molecule has 2 aromatic carbocycles. The molecule has 0 aliphatic rings. The van der Waals surface area contributed by atoms with Gasteiger partial charge in [0, 0.05) is 42.7 Å². The Bertz CT molecular complexity index is 1430. The van der Waals surface area contributed by atoms with Crippen LogP contribution in [0, 0.1) is 0 Å². The number of H-pyrrole nitrogens is 2. The van der Waals surface area contributed by atoms with Crippen LogP contribution in [0.3, 0.4) is 0 Å². The van der Waals surface area contributed by atoms with Crippen LogP contribution < -0.4 is 0 Å². The number of carboxylic acids is 2. The minimum absolute atomic E-state index is 0. The summed E-state index contributed by atoms with van der Waals surface area (Å²) in [7, 11) is -6.19. The normalized spacial score (nSPS) is 8.78. The predicted octanol–water partition coefficient (Wildman–Crippen LogP) is 11.7. The monoisotopic (exact) mass is 762 g/mol. The van der Waals surface area contributed by atoms with Crippen LogP contribution in [0.5, 0.6) is 0 Å². The van der Waals surface area contributed by atoms with Gasteiger partial charge in [-0.05, 0) is 60.7 Å². The topological polar surface area (TPSA) is 174 Å². The molecule has 0 bridgehead atoms. The molecule has 0 aliphatic heterocycles. The maximum absolute atomic E-state index is 11.8. The van der Waals surface area contributed by atoms with Crippen molar-refractivity contribution in [1.29, 1.82) is 0 Å². The Hall–Kier alpha value is -3.64. The molecule has 4 N–H and O–H groups in total. The molecule has 0 spiro atoms. The summed E-state index contributed by atoms with van der Waals surface area (Å²) in [6.45, 7) is 29.9. The molecule has 0 saturated heterocycles. The standard InChI is InChI=1S/2C11H13NO2S.2C2H4O2.6C2H6.CH4/c1-2-7-15(13,14)10-3-4-11-9(8-10)5-6-12-11;1-2-7-15(13,14)10-4-3-9-5-6-12-11(9)8-10;2*1-2(3)4;6*1-2;/h2*3-6,8,12H,2,7H2,1H3;2*1H3,(H,3,4);6*1-2H3;1H4. The van der Waals surface area contributed by atoms with Gasteiger partial charge in [-0.1, -0.05) is 110 Å². The Morgan fingerprint density at radius 1 is 0.529 bits per heavy atom. The maximum atomic E-state index is 11.8. The second kappa shape index (κ2) is 40.8. The van der Waals surface area contributed by atoms with Gasteiger partial charge in [0.05, 0.1) is 21.3 Å². The van der Waals surface area contributed by atoms with E-state index in [2.05, 4.69) is 9.97 Å². The number of hydrogen-bond acceptors (Lipinski definition) is 6. The first-order valence-electron chi connectivity index (χ1n) is 17.7. The molecule has 0 unspecified atom stereocenters. The zero-order valence-electron chi connectivity index (χ0n) is 33.8. The number of carboxylic acid groups (broad SMARTS) is 2. The summed E-state index contributed by atoms with van der Waals surface area (Å²) in [6, 6.07) is 14.2. The molecule has 10 nitrogen and oxygen atoms in total. The molecule has 4 rings (SSSR count). The van der Waals surface area contributed by atoms with E-state index in [0.29, 0.717) is 22.6 Å². The summed E-state index contributed by atoms with van der Waals surface area (Å²) in [6.07, 6.45) is 4.90. The van der Waals surface area contributed by atoms with E-state index in [0.717, 1.165) is 35.7 Å². The van der Waals surface area contributed by atoms with E-state index >= 15 is 0 Å². The lowest BCUT2D eigenvalue weighted by Gasteiger charge is -2.02. The fourth-order valence-corrected chi connectivity index (χ4v) is 5.92. The Labute approximate surface area is 312 Å². The molecular formula is C39H74N2O8S2. The average Bonchev–Trinajstić information content (AvgIpc) is 3.79. The van der Waals surface area contributed by atoms with Gasteiger partial charge in [0.15, 0.2) is 19.7 Å². The highest BCUT2D eigenvalue weighted by atomic mass is 32.2. The number of fused-ring (bicyclic) bond motifs is 2. The second-order valence-corrected chi connectivity index (χ2v) is 12.3. The Morgan fingerprint density at radius 2 is 0.843 bits per heavy atom. The molecule has 0 aliphatic carbocycles. The predicted molar refractivity (Wildman–Crippen MR) is 223 cm³/mol. The minimum Gasteiger partial charge on any atom is -0.481 e. The SMILES string of the molecule is C.CC.CC.CC.CC.CC.CC.CC(=O)O.CC(=O)O.CCCS(=O)(=O)c1ccc2[nH]ccc2c1.CCCS(=O)(=O)c1ccc2cc[nH]c2c1. The van der Waals surface area contributed by atoms with E-state index in [1.807, 2.05) is 115 Å². The summed E-state index contributed by atoms with van der Waals surface area (Å²) in [4.78, 5) is 24.9. The molecule has 2 heterocycles. The third-order valence-corrected chi connectivity index (χ3v) is 8.55. The summed E-state index contributed by atoms with van der Waals surface area (Å²) in [5, 5.41) is 16.8. The number of aromatic amines is 2. The lowest BCUT2D eigenvalue weighted by Crippen LogP contribution is -2.05. The average molecular weight is 763 g/mol. The molecule has 300 valence electrons. The molecule has 0 fully saturated rings. The van der Waals surface area contributed by atoms with Crippen molar-refractivity contribution in [2.24, 2.45) is 0 Å². The number of carbonyl (C=O) groups is 2. The van der Waals surface area contributed by atoms with Gasteiger partial charge in [0.25, 0.3) is 11.9 Å². The van der Waals surface area contributed by atoms with E-state index in [4.69, 9.17) is 19.8 Å². The third-order valence-electron chi connectivity index (χ3n) is 4.72. The van der Waals surface area contributed by atoms with Crippen molar-refractivity contribution >= 4 is 53.4 Å². The van der Waals surface area contributed by atoms with Crippen LogP contribution in [0.4, 0.5) is 0 Å². The highest BCUT2D eigenvalue weighted by molar-refractivity contribution is 7.91. The third kappa shape index (κ3) is 30.9. The van der Waals surface area contributed by atoms with Crippen LogP contribution in [-0.4, -0.2) is 60.5 Å². The van der Waals surface area contributed by atoms with Crippen molar-refractivity contribution in [2.45, 2.75) is 141 Å². The van der Waals surface area contributed by atoms with Crippen LogP contribution in [-0.2, 0) is 29.3 Å². The van der Waals surface area contributed by atoms with Crippen LogP contribution >= 0.6 is 0 Å². The highest BCUT2D eigenvalue weighted by Crippen LogP contribution is 2.20. The summed E-state index contributed by atoms with van der Waals surface area (Å²) < 4.78 is 47.1. The smallest absolute Gasteiger partial charge is 0.300 e. The van der Waals surface area contributed by atoms with Gasteiger partial charge in [-0.15, -0.1) is 0 Å². The fraction of sp³-hybridized carbons (Fsp3) is 0.538. The molecule has 12 heteroatoms. The van der Waals surface area contributed by atoms with Crippen LogP contribution in [0.15, 0.2) is 70.7 Å². The second-order valence-electron chi connectivity index (χ2n) is 8.13. The molecular weight excluding hydrogens is 689 g/mol. The number of benzene rings is 2. The number of hydrogen-bond donors (Lipinski definition) is 4. The van der Waals surface area contributed by atoms with E-state index in [-0.39, 0.29) is 18.9 Å². The zero-order chi connectivity index (χ0) is 40.9. The van der Waals surface area contributed by atoms with Gasteiger partial charge in [-0.3, -0.25) is 9.59 Å². The number of sulfone groups is 2. The van der Waals surface area contributed by atoms with Crippen LogP contribution in [0.25, 0.3) is 21.8 Å². The van der Waals surface area contributed by atoms with Gasteiger partial charge >= 0.3 is 0 Å². The van der Waals surface area contributed by atoms with Crippen molar-refractivity contribution < 1.29 is 36.6 Å². The van der Waals surface area contributed by atoms with E-state index < -0.39 is 31.6 Å². The number of nitrogens with one attached hydrogen (secondary N) is 2. The highest BCUT2D eigenvalue weighted by Gasteiger charge is 2.14. The van der Waals surface area contributed by atoms with Crippen molar-refractivity contribution in [3.8, 4) is 0 Å². The molecule has 51 heavy (non-hydrogen) atoms. The quantitative estimate of drug-likeness (QED) is 0.150. The molecule has 0 atom stereocenters. The van der Waals surface area contributed by atoms with Crippen molar-refractivity contribution in [2.75, 3.05) is 11.5 Å². The molecule has 0 saturated carbocycles. The lowest BCUT2D eigenvalue weighted by atomic mass is 10.2. The number of rotatable bonds is 6. The van der Waals surface area contributed by atoms with Gasteiger partial charge in [0.2, 0.25) is 0 Å². The first-order chi connectivity index (χ1) is 23.7. The molecule has 2 aromatic heterocycles. The first-order valence-corrected chi connectivity index (χ1v) is 21.0. The Morgan fingerprint density at radius 3 is 1.22 bits per heavy atom. The van der Waals surface area contributed by atoms with E-state index in [1.165, 1.54) is 0 Å². The van der Waals surface area contributed by atoms with E-state index in [9.17, 15) is 16.8 Å². The lowest BCUT2D eigenvalue weighted by molar-refractivity contribution is -0.135. The fourth-order valence-electron chi connectivity index (χ4n) is 3.22. The zero-order valence-corrected chi connectivity index (χ0v) is 35.4. The van der Waals surface area contributed by atoms with Gasteiger partial charge in [0.1, 0.15) is 0 Å². The number of aromatic nitrogens is 2. The largest absolute Gasteiger partial charge is 0.481 e. The van der Waals surface area contributed by atoms with Gasteiger partial charge < -0.3 is 20.2 Å². The van der Waals surface area contributed by atoms with Gasteiger partial charge in [-0.2, -0.15) is 0 Å². The van der Waals surface area contributed by atoms with Crippen LogP contribution in [0.2, 0.25) is 0 Å². The van der Waals surface area contributed by atoms with E-state index in [1.54, 1.807) is 42.7 Å². The van der Waals surface area contributed by atoms with Gasteiger partial charge in [-0.25, -0.2) is 16.8 Å². The molecule has 0 radical (unpaired) electrons. The maximum Gasteiger partial charge on any atom is 0.300 e. The summed E-state index contributed by atoms with van der Waals surface area (Å²) >= 11 is 0. The van der Waals surface area contributed by atoms with Crippen molar-refractivity contribution in [3.05, 3.63) is 60.9 Å². The Balaban J connectivity index is -0.000000100. The number of aliphatic carboxylic acids is 2. The van der Waals surface area contributed by atoms with Crippen molar-refractivity contribution in [1.82, 2.24) is 9.97 Å². The first kappa shape index (κ1) is 62.5. The van der Waals surface area contributed by atoms with Crippen molar-refractivity contribution in [3.63, 3.8) is 0 Å². The Kier molecular flexibility index (Phi) is 50.0. The molecule has 4 aromatic rings. The summed E-state index contributed by atoms with van der Waals surface area (Å²) in [5.74, 6) is -1.25. The summed E-state index contributed by atoms with van der Waals surface area (Å²) in [5.41, 5.74) is 1.83. The molecule has 0 amide bonds.